The quantitative estimate of drug-likeness (QED) is 0.848. The highest BCUT2D eigenvalue weighted by Gasteiger charge is 2.41. The molecule has 20 heavy (non-hydrogen) atoms. The molecule has 0 aromatic carbocycles. The van der Waals surface area contributed by atoms with Gasteiger partial charge in [-0.25, -0.2) is 0 Å². The second-order valence-electron chi connectivity index (χ2n) is 7.27. The Kier molecular flexibility index (Phi) is 4.85. The molecule has 5 heteroatoms. The molecule has 1 fully saturated rings. The predicted molar refractivity (Wildman–Crippen MR) is 78.1 cm³/mol. The minimum Gasteiger partial charge on any atom is -0.394 e. The predicted octanol–water partition coefficient (Wildman–Crippen LogP) is 1.25. The fourth-order valence-electron chi connectivity index (χ4n) is 2.33. The monoisotopic (exact) mass is 284 g/mol. The van der Waals surface area contributed by atoms with Crippen LogP contribution in [0.25, 0.3) is 0 Å². The van der Waals surface area contributed by atoms with Crippen LogP contribution in [-0.2, 0) is 9.59 Å². The molecule has 1 atom stereocenters. The van der Waals surface area contributed by atoms with Crippen molar-refractivity contribution in [1.29, 1.82) is 0 Å². The van der Waals surface area contributed by atoms with E-state index in [1.54, 1.807) is 16.8 Å². The molecule has 1 saturated heterocycles. The number of carbonyl (C=O) groups excluding carboxylic acids is 2. The number of nitrogens with zero attached hydrogens (tertiary/aromatic N) is 2. The number of likely N-dealkylation sites (N-methyl/N-ethyl adjacent to an activating group) is 1. The summed E-state index contributed by atoms with van der Waals surface area (Å²) in [5, 5.41) is 9.39. The van der Waals surface area contributed by atoms with Crippen LogP contribution in [0.5, 0.6) is 0 Å². The van der Waals surface area contributed by atoms with Crippen LogP contribution in [0, 0.1) is 5.41 Å². The van der Waals surface area contributed by atoms with E-state index in [-0.39, 0.29) is 18.4 Å². The maximum atomic E-state index is 12.6. The molecule has 1 aliphatic heterocycles. The Morgan fingerprint density at radius 1 is 1.25 bits per heavy atom. The standard InChI is InChI=1S/C15H28N2O3/c1-14(2,3)13(20)17-9-7-8-11(17)12(19)16(6)15(4,5)10-18/h11,18H,7-10H2,1-6H3. The lowest BCUT2D eigenvalue weighted by molar-refractivity contribution is -0.150. The zero-order valence-corrected chi connectivity index (χ0v) is 13.6. The molecule has 0 aromatic heterocycles. The summed E-state index contributed by atoms with van der Waals surface area (Å²) >= 11 is 0. The fraction of sp³-hybridized carbons (Fsp3) is 0.867. The van der Waals surface area contributed by atoms with Crippen molar-refractivity contribution in [3.63, 3.8) is 0 Å². The first-order valence-electron chi connectivity index (χ1n) is 7.22. The van der Waals surface area contributed by atoms with Gasteiger partial charge in [0.1, 0.15) is 6.04 Å². The zero-order chi connectivity index (χ0) is 15.7. The molecule has 0 aromatic rings. The molecule has 116 valence electrons. The number of aliphatic hydroxyl groups is 1. The Bertz CT molecular complexity index is 385. The van der Waals surface area contributed by atoms with Gasteiger partial charge in [0.2, 0.25) is 11.8 Å². The van der Waals surface area contributed by atoms with Gasteiger partial charge in [-0.2, -0.15) is 0 Å². The summed E-state index contributed by atoms with van der Waals surface area (Å²) in [7, 11) is 1.69. The lowest BCUT2D eigenvalue weighted by Gasteiger charge is -2.38. The van der Waals surface area contributed by atoms with Crippen molar-refractivity contribution in [3.05, 3.63) is 0 Å². The van der Waals surface area contributed by atoms with E-state index >= 15 is 0 Å². The highest BCUT2D eigenvalue weighted by Crippen LogP contribution is 2.27. The van der Waals surface area contributed by atoms with Gasteiger partial charge in [-0.3, -0.25) is 9.59 Å². The Morgan fingerprint density at radius 2 is 1.80 bits per heavy atom. The molecule has 1 N–H and O–H groups in total. The summed E-state index contributed by atoms with van der Waals surface area (Å²) in [6, 6.07) is -0.391. The van der Waals surface area contributed by atoms with Crippen LogP contribution >= 0.6 is 0 Å². The van der Waals surface area contributed by atoms with Crippen LogP contribution in [0.1, 0.15) is 47.5 Å². The van der Waals surface area contributed by atoms with E-state index < -0.39 is 17.0 Å². The largest absolute Gasteiger partial charge is 0.394 e. The Morgan fingerprint density at radius 3 is 2.25 bits per heavy atom. The third-order valence-electron chi connectivity index (χ3n) is 4.07. The molecule has 1 rings (SSSR count). The van der Waals surface area contributed by atoms with E-state index in [0.717, 1.165) is 6.42 Å². The van der Waals surface area contributed by atoms with Crippen LogP contribution in [0.2, 0.25) is 0 Å². The van der Waals surface area contributed by atoms with E-state index in [1.165, 1.54) is 0 Å². The molecule has 5 nitrogen and oxygen atoms in total. The maximum Gasteiger partial charge on any atom is 0.245 e. The highest BCUT2D eigenvalue weighted by atomic mass is 16.3. The third kappa shape index (κ3) is 3.32. The first-order chi connectivity index (χ1) is 9.02. The molecule has 1 unspecified atom stereocenters. The second kappa shape index (κ2) is 5.72. The van der Waals surface area contributed by atoms with Gasteiger partial charge < -0.3 is 14.9 Å². The molecular formula is C15H28N2O3. The molecule has 0 bridgehead atoms. The van der Waals surface area contributed by atoms with Gasteiger partial charge in [0.05, 0.1) is 12.1 Å². The summed E-state index contributed by atoms with van der Waals surface area (Å²) in [6.45, 7) is 9.78. The van der Waals surface area contributed by atoms with E-state index in [1.807, 2.05) is 34.6 Å². The summed E-state index contributed by atoms with van der Waals surface area (Å²) in [5.41, 5.74) is -1.09. The van der Waals surface area contributed by atoms with Gasteiger partial charge in [0, 0.05) is 19.0 Å². The summed E-state index contributed by atoms with van der Waals surface area (Å²) < 4.78 is 0. The maximum absolute atomic E-state index is 12.6. The van der Waals surface area contributed by atoms with Crippen molar-refractivity contribution in [2.24, 2.45) is 5.41 Å². The molecule has 1 heterocycles. The van der Waals surface area contributed by atoms with Crippen molar-refractivity contribution < 1.29 is 14.7 Å². The van der Waals surface area contributed by atoms with Crippen LogP contribution in [0.4, 0.5) is 0 Å². The van der Waals surface area contributed by atoms with Crippen molar-refractivity contribution in [2.45, 2.75) is 59.0 Å². The van der Waals surface area contributed by atoms with Gasteiger partial charge in [0.15, 0.2) is 0 Å². The van der Waals surface area contributed by atoms with Crippen molar-refractivity contribution in [3.8, 4) is 0 Å². The number of carbonyl (C=O) groups is 2. The Hall–Kier alpha value is -1.10. The number of rotatable bonds is 3. The second-order valence-corrected chi connectivity index (χ2v) is 7.27. The summed E-state index contributed by atoms with van der Waals surface area (Å²) in [4.78, 5) is 28.3. The van der Waals surface area contributed by atoms with E-state index in [4.69, 9.17) is 0 Å². The molecule has 0 aliphatic carbocycles. The molecule has 0 radical (unpaired) electrons. The number of likely N-dealkylation sites (tertiary alicyclic amines) is 1. The first kappa shape index (κ1) is 17.0. The van der Waals surface area contributed by atoms with Crippen molar-refractivity contribution >= 4 is 11.8 Å². The smallest absolute Gasteiger partial charge is 0.245 e. The number of hydrogen-bond acceptors (Lipinski definition) is 3. The normalized spacial score (nSPS) is 20.1. The fourth-order valence-corrected chi connectivity index (χ4v) is 2.33. The third-order valence-corrected chi connectivity index (χ3v) is 4.07. The van der Waals surface area contributed by atoms with Gasteiger partial charge >= 0.3 is 0 Å². The van der Waals surface area contributed by atoms with Crippen LogP contribution in [0.15, 0.2) is 0 Å². The first-order valence-corrected chi connectivity index (χ1v) is 7.22. The van der Waals surface area contributed by atoms with Crippen LogP contribution < -0.4 is 0 Å². The van der Waals surface area contributed by atoms with E-state index in [2.05, 4.69) is 0 Å². The van der Waals surface area contributed by atoms with Crippen molar-refractivity contribution in [1.82, 2.24) is 9.80 Å². The van der Waals surface area contributed by atoms with E-state index in [9.17, 15) is 14.7 Å². The van der Waals surface area contributed by atoms with Gasteiger partial charge in [-0.1, -0.05) is 20.8 Å². The number of aliphatic hydroxyl groups excluding tert-OH is 1. The SMILES string of the molecule is CN(C(=O)C1CCCN1C(=O)C(C)(C)C)C(C)(C)CO. The number of hydrogen-bond donors (Lipinski definition) is 1. The van der Waals surface area contributed by atoms with Gasteiger partial charge in [-0.05, 0) is 26.7 Å². The average molecular weight is 284 g/mol. The highest BCUT2D eigenvalue weighted by molar-refractivity contribution is 5.90. The molecular weight excluding hydrogens is 256 g/mol. The lowest BCUT2D eigenvalue weighted by atomic mass is 9.94. The number of amides is 2. The topological polar surface area (TPSA) is 60.9 Å². The van der Waals surface area contributed by atoms with Gasteiger partial charge in [0.25, 0.3) is 0 Å². The Balaban J connectivity index is 2.90. The van der Waals surface area contributed by atoms with Gasteiger partial charge in [-0.15, -0.1) is 0 Å². The van der Waals surface area contributed by atoms with E-state index in [0.29, 0.717) is 13.0 Å². The van der Waals surface area contributed by atoms with Crippen LogP contribution in [0.3, 0.4) is 0 Å². The minimum atomic E-state index is -0.615. The van der Waals surface area contributed by atoms with Crippen molar-refractivity contribution in [2.75, 3.05) is 20.2 Å². The molecule has 1 aliphatic rings. The minimum absolute atomic E-state index is 0.0172. The molecule has 2 amide bonds. The average Bonchev–Trinajstić information content (AvgIpc) is 2.83. The summed E-state index contributed by atoms with van der Waals surface area (Å²) in [6.07, 6.45) is 1.55. The summed E-state index contributed by atoms with van der Waals surface area (Å²) in [5.74, 6) is -0.0669. The van der Waals surface area contributed by atoms with Crippen LogP contribution in [-0.4, -0.2) is 58.5 Å². The lowest BCUT2D eigenvalue weighted by Crippen LogP contribution is -2.55. The zero-order valence-electron chi connectivity index (χ0n) is 13.6. The Labute approximate surface area is 121 Å². The molecule has 0 saturated carbocycles. The molecule has 0 spiro atoms.